The molecule has 1 aromatic rings. The first kappa shape index (κ1) is 15.0. The van der Waals surface area contributed by atoms with E-state index >= 15 is 0 Å². The van der Waals surface area contributed by atoms with Gasteiger partial charge in [0.2, 0.25) is 5.91 Å². The fraction of sp³-hybridized carbons (Fsp3) is 0.385. The van der Waals surface area contributed by atoms with Gasteiger partial charge in [0, 0.05) is 24.9 Å². The lowest BCUT2D eigenvalue weighted by Gasteiger charge is -2.09. The van der Waals surface area contributed by atoms with Crippen LogP contribution in [0.15, 0.2) is 18.2 Å². The molecule has 0 saturated heterocycles. The van der Waals surface area contributed by atoms with E-state index in [1.807, 2.05) is 0 Å². The summed E-state index contributed by atoms with van der Waals surface area (Å²) in [7, 11) is 1.55. The maximum absolute atomic E-state index is 11.9. The van der Waals surface area contributed by atoms with E-state index < -0.39 is 0 Å². The van der Waals surface area contributed by atoms with Gasteiger partial charge in [-0.25, -0.2) is 0 Å². The Balaban J connectivity index is 2.47. The molecular formula is C13H19N3O3. The second-order valence-electron chi connectivity index (χ2n) is 4.05. The first-order chi connectivity index (χ1) is 9.06. The van der Waals surface area contributed by atoms with Crippen LogP contribution in [0.1, 0.15) is 15.9 Å². The van der Waals surface area contributed by atoms with E-state index in [4.69, 9.17) is 10.5 Å². The summed E-state index contributed by atoms with van der Waals surface area (Å²) in [6.07, 6.45) is 0. The summed E-state index contributed by atoms with van der Waals surface area (Å²) in [5, 5.41) is 5.16. The molecular weight excluding hydrogens is 246 g/mol. The fourth-order valence-corrected chi connectivity index (χ4v) is 1.51. The zero-order valence-electron chi connectivity index (χ0n) is 11.2. The van der Waals surface area contributed by atoms with Gasteiger partial charge in [-0.05, 0) is 24.6 Å². The van der Waals surface area contributed by atoms with Crippen molar-refractivity contribution < 1.29 is 14.3 Å². The number of hydrogen-bond donors (Lipinski definition) is 3. The second kappa shape index (κ2) is 7.38. The highest BCUT2D eigenvalue weighted by Gasteiger charge is 2.11. The van der Waals surface area contributed by atoms with Crippen LogP contribution in [0.25, 0.3) is 0 Å². The monoisotopic (exact) mass is 265 g/mol. The molecule has 0 aromatic heterocycles. The molecule has 0 aliphatic carbocycles. The summed E-state index contributed by atoms with van der Waals surface area (Å²) in [4.78, 5) is 23.3. The molecule has 6 heteroatoms. The zero-order chi connectivity index (χ0) is 14.3. The lowest BCUT2D eigenvalue weighted by molar-refractivity contribution is -0.120. The van der Waals surface area contributed by atoms with Crippen molar-refractivity contribution in [3.8, 4) is 0 Å². The molecule has 0 aliphatic heterocycles. The van der Waals surface area contributed by atoms with E-state index in [1.165, 1.54) is 0 Å². The normalized spacial score (nSPS) is 10.0. The molecule has 0 fully saturated rings. The van der Waals surface area contributed by atoms with Gasteiger partial charge < -0.3 is 21.1 Å². The molecule has 2 amide bonds. The van der Waals surface area contributed by atoms with E-state index in [1.54, 1.807) is 32.2 Å². The van der Waals surface area contributed by atoms with E-state index in [0.717, 1.165) is 0 Å². The Morgan fingerprint density at radius 2 is 2.05 bits per heavy atom. The molecule has 0 saturated carbocycles. The number of amides is 2. The van der Waals surface area contributed by atoms with Crippen LogP contribution < -0.4 is 16.4 Å². The third-order valence-corrected chi connectivity index (χ3v) is 2.66. The van der Waals surface area contributed by atoms with Crippen LogP contribution in [0.2, 0.25) is 0 Å². The number of rotatable bonds is 6. The number of benzene rings is 1. The minimum Gasteiger partial charge on any atom is -0.398 e. The third-order valence-electron chi connectivity index (χ3n) is 2.66. The number of nitrogens with two attached hydrogens (primary N) is 1. The van der Waals surface area contributed by atoms with Gasteiger partial charge in [0.25, 0.3) is 5.91 Å². The van der Waals surface area contributed by atoms with Crippen molar-refractivity contribution in [2.45, 2.75) is 6.92 Å². The Hall–Kier alpha value is -2.08. The van der Waals surface area contributed by atoms with Gasteiger partial charge in [-0.15, -0.1) is 0 Å². The zero-order valence-corrected chi connectivity index (χ0v) is 11.2. The molecule has 0 atom stereocenters. The highest BCUT2D eigenvalue weighted by atomic mass is 16.5. The SMILES string of the molecule is COCCNC(=O)CNC(=O)c1cccc(N)c1C. The minimum atomic E-state index is -0.313. The van der Waals surface area contributed by atoms with Crippen molar-refractivity contribution in [1.29, 1.82) is 0 Å². The first-order valence-corrected chi connectivity index (χ1v) is 5.95. The fourth-order valence-electron chi connectivity index (χ4n) is 1.51. The summed E-state index contributed by atoms with van der Waals surface area (Å²) in [6, 6.07) is 5.10. The molecule has 1 rings (SSSR count). The van der Waals surface area contributed by atoms with Gasteiger partial charge in [-0.2, -0.15) is 0 Å². The number of nitrogens with one attached hydrogen (secondary N) is 2. The van der Waals surface area contributed by atoms with Crippen molar-refractivity contribution >= 4 is 17.5 Å². The molecule has 1 aromatic carbocycles. The van der Waals surface area contributed by atoms with E-state index in [0.29, 0.717) is 30.0 Å². The average Bonchev–Trinajstić information content (AvgIpc) is 2.39. The summed E-state index contributed by atoms with van der Waals surface area (Å²) in [6.45, 7) is 2.55. The van der Waals surface area contributed by atoms with Crippen molar-refractivity contribution in [3.05, 3.63) is 29.3 Å². The molecule has 0 unspecified atom stereocenters. The molecule has 4 N–H and O–H groups in total. The Kier molecular flexibility index (Phi) is 5.81. The summed E-state index contributed by atoms with van der Waals surface area (Å²) >= 11 is 0. The number of methoxy groups -OCH3 is 1. The summed E-state index contributed by atoms with van der Waals surface area (Å²) in [5.74, 6) is -0.571. The number of carbonyl (C=O) groups excluding carboxylic acids is 2. The van der Waals surface area contributed by atoms with Crippen LogP contribution in [0, 0.1) is 6.92 Å². The largest absolute Gasteiger partial charge is 0.398 e. The standard InChI is InChI=1S/C13H19N3O3/c1-9-10(4-3-5-11(9)14)13(18)16-8-12(17)15-6-7-19-2/h3-5H,6-8,14H2,1-2H3,(H,15,17)(H,16,18). The van der Waals surface area contributed by atoms with Gasteiger partial charge in [0.15, 0.2) is 0 Å². The van der Waals surface area contributed by atoms with Crippen LogP contribution in [-0.2, 0) is 9.53 Å². The van der Waals surface area contributed by atoms with Crippen LogP contribution >= 0.6 is 0 Å². The lowest BCUT2D eigenvalue weighted by Crippen LogP contribution is -2.38. The Labute approximate surface area is 112 Å². The van der Waals surface area contributed by atoms with Gasteiger partial charge >= 0.3 is 0 Å². The van der Waals surface area contributed by atoms with Crippen LogP contribution in [-0.4, -0.2) is 38.6 Å². The van der Waals surface area contributed by atoms with Gasteiger partial charge in [-0.3, -0.25) is 9.59 Å². The van der Waals surface area contributed by atoms with Crippen LogP contribution in [0.5, 0.6) is 0 Å². The topological polar surface area (TPSA) is 93.5 Å². The van der Waals surface area contributed by atoms with Crippen molar-refractivity contribution in [1.82, 2.24) is 10.6 Å². The highest BCUT2D eigenvalue weighted by Crippen LogP contribution is 2.14. The molecule has 0 aliphatic rings. The molecule has 0 spiro atoms. The predicted molar refractivity (Wildman–Crippen MR) is 72.8 cm³/mol. The highest BCUT2D eigenvalue weighted by molar-refractivity contribution is 5.98. The Bertz CT molecular complexity index is 460. The number of carbonyl (C=O) groups is 2. The van der Waals surface area contributed by atoms with Gasteiger partial charge in [0.1, 0.15) is 0 Å². The van der Waals surface area contributed by atoms with Crippen LogP contribution in [0.4, 0.5) is 5.69 Å². The van der Waals surface area contributed by atoms with Gasteiger partial charge in [-0.1, -0.05) is 6.07 Å². The predicted octanol–water partition coefficient (Wildman–Crippen LogP) is 0.0696. The Morgan fingerprint density at radius 3 is 2.74 bits per heavy atom. The summed E-state index contributed by atoms with van der Waals surface area (Å²) < 4.78 is 4.80. The van der Waals surface area contributed by atoms with E-state index in [2.05, 4.69) is 10.6 Å². The smallest absolute Gasteiger partial charge is 0.252 e. The van der Waals surface area contributed by atoms with Gasteiger partial charge in [0.05, 0.1) is 13.2 Å². The Morgan fingerprint density at radius 1 is 1.32 bits per heavy atom. The molecule has 0 radical (unpaired) electrons. The first-order valence-electron chi connectivity index (χ1n) is 5.95. The van der Waals surface area contributed by atoms with Crippen molar-refractivity contribution in [3.63, 3.8) is 0 Å². The number of ether oxygens (including phenoxy) is 1. The minimum absolute atomic E-state index is 0.0726. The second-order valence-corrected chi connectivity index (χ2v) is 4.05. The van der Waals surface area contributed by atoms with E-state index in [-0.39, 0.29) is 18.4 Å². The van der Waals surface area contributed by atoms with Crippen molar-refractivity contribution in [2.75, 3.05) is 32.5 Å². The number of nitrogen functional groups attached to an aromatic ring is 1. The maximum atomic E-state index is 11.9. The molecule has 0 heterocycles. The molecule has 19 heavy (non-hydrogen) atoms. The van der Waals surface area contributed by atoms with E-state index in [9.17, 15) is 9.59 Å². The lowest BCUT2D eigenvalue weighted by atomic mass is 10.1. The molecule has 104 valence electrons. The summed E-state index contributed by atoms with van der Waals surface area (Å²) in [5.41, 5.74) is 7.46. The molecule has 6 nitrogen and oxygen atoms in total. The third kappa shape index (κ3) is 4.59. The number of anilines is 1. The number of hydrogen-bond acceptors (Lipinski definition) is 4. The van der Waals surface area contributed by atoms with Crippen LogP contribution in [0.3, 0.4) is 0 Å². The average molecular weight is 265 g/mol. The van der Waals surface area contributed by atoms with Crippen molar-refractivity contribution in [2.24, 2.45) is 0 Å². The quantitative estimate of drug-likeness (QED) is 0.501. The molecule has 0 bridgehead atoms. The maximum Gasteiger partial charge on any atom is 0.252 e.